The molecule has 2 saturated heterocycles. The van der Waals surface area contributed by atoms with Crippen LogP contribution in [0.4, 0.5) is 0 Å². The van der Waals surface area contributed by atoms with Gasteiger partial charge in [-0.05, 0) is 25.7 Å². The van der Waals surface area contributed by atoms with Crippen LogP contribution in [0.25, 0.3) is 0 Å². The lowest BCUT2D eigenvalue weighted by molar-refractivity contribution is -0.143. The molecule has 1 unspecified atom stereocenters. The molecule has 4 nitrogen and oxygen atoms in total. The number of fused-ring (bicyclic) bond motifs is 1. The molecule has 0 bridgehead atoms. The summed E-state index contributed by atoms with van der Waals surface area (Å²) in [6, 6.07) is -0.157. The van der Waals surface area contributed by atoms with Gasteiger partial charge in [-0.2, -0.15) is 0 Å². The van der Waals surface area contributed by atoms with Gasteiger partial charge in [0.2, 0.25) is 11.8 Å². The first-order valence-corrected chi connectivity index (χ1v) is 7.82. The quantitative estimate of drug-likeness (QED) is 0.716. The van der Waals surface area contributed by atoms with Gasteiger partial charge in [-0.25, -0.2) is 0 Å². The SMILES string of the molecule is CCCCCCN1CCC(=O)N2CCCCC2C1=O. The molecule has 2 amide bonds. The highest BCUT2D eigenvalue weighted by atomic mass is 16.2. The standard InChI is InChI=1S/C15H26N2O2/c1-2-3-4-6-10-16-12-9-14(18)17-11-7-5-8-13(17)15(16)19/h13H,2-12H2,1H3. The van der Waals surface area contributed by atoms with Crippen LogP contribution in [0.15, 0.2) is 0 Å². The topological polar surface area (TPSA) is 40.6 Å². The Hall–Kier alpha value is -1.06. The van der Waals surface area contributed by atoms with Gasteiger partial charge >= 0.3 is 0 Å². The van der Waals surface area contributed by atoms with Gasteiger partial charge in [0, 0.05) is 26.1 Å². The normalized spacial score (nSPS) is 24.4. The minimum absolute atomic E-state index is 0.157. The second kappa shape index (κ2) is 6.92. The average molecular weight is 266 g/mol. The van der Waals surface area contributed by atoms with E-state index in [0.717, 1.165) is 38.8 Å². The molecule has 108 valence electrons. The molecular formula is C15H26N2O2. The molecule has 0 aromatic carbocycles. The summed E-state index contributed by atoms with van der Waals surface area (Å²) in [5, 5.41) is 0. The molecule has 2 heterocycles. The van der Waals surface area contributed by atoms with E-state index in [1.165, 1.54) is 19.3 Å². The van der Waals surface area contributed by atoms with Gasteiger partial charge < -0.3 is 9.80 Å². The van der Waals surface area contributed by atoms with Crippen molar-refractivity contribution in [3.8, 4) is 0 Å². The van der Waals surface area contributed by atoms with Crippen molar-refractivity contribution in [3.05, 3.63) is 0 Å². The first-order valence-electron chi connectivity index (χ1n) is 7.82. The number of piperidine rings is 1. The summed E-state index contributed by atoms with van der Waals surface area (Å²) in [5.41, 5.74) is 0. The van der Waals surface area contributed by atoms with E-state index in [2.05, 4.69) is 6.92 Å². The van der Waals surface area contributed by atoms with Crippen LogP contribution < -0.4 is 0 Å². The van der Waals surface area contributed by atoms with Crippen LogP contribution in [0.1, 0.15) is 58.3 Å². The number of carbonyl (C=O) groups is 2. The van der Waals surface area contributed by atoms with Gasteiger partial charge in [-0.3, -0.25) is 9.59 Å². The Morgan fingerprint density at radius 1 is 1.11 bits per heavy atom. The second-order valence-electron chi connectivity index (χ2n) is 5.73. The minimum Gasteiger partial charge on any atom is -0.340 e. The molecule has 0 N–H and O–H groups in total. The first kappa shape index (κ1) is 14.4. The Balaban J connectivity index is 1.94. The zero-order chi connectivity index (χ0) is 13.7. The van der Waals surface area contributed by atoms with Crippen LogP contribution in [0.5, 0.6) is 0 Å². The lowest BCUT2D eigenvalue weighted by atomic mass is 10.0. The highest BCUT2D eigenvalue weighted by molar-refractivity contribution is 5.90. The molecule has 19 heavy (non-hydrogen) atoms. The predicted molar refractivity (Wildman–Crippen MR) is 74.7 cm³/mol. The third kappa shape index (κ3) is 3.48. The molecule has 2 aliphatic rings. The average Bonchev–Trinajstić information content (AvgIpc) is 2.56. The molecule has 2 aliphatic heterocycles. The molecule has 4 heteroatoms. The number of hydrogen-bond donors (Lipinski definition) is 0. The third-order valence-corrected chi connectivity index (χ3v) is 4.30. The summed E-state index contributed by atoms with van der Waals surface area (Å²) in [5.74, 6) is 0.371. The van der Waals surface area contributed by atoms with Crippen LogP contribution >= 0.6 is 0 Å². The maximum absolute atomic E-state index is 12.5. The largest absolute Gasteiger partial charge is 0.340 e. The fourth-order valence-electron chi connectivity index (χ4n) is 3.13. The second-order valence-corrected chi connectivity index (χ2v) is 5.73. The van der Waals surface area contributed by atoms with Crippen molar-refractivity contribution in [3.63, 3.8) is 0 Å². The van der Waals surface area contributed by atoms with Crippen molar-refractivity contribution in [1.82, 2.24) is 9.80 Å². The number of unbranched alkanes of at least 4 members (excludes halogenated alkanes) is 3. The van der Waals surface area contributed by atoms with Gasteiger partial charge in [-0.1, -0.05) is 26.2 Å². The Labute approximate surface area is 116 Å². The van der Waals surface area contributed by atoms with Crippen molar-refractivity contribution in [1.29, 1.82) is 0 Å². The fraction of sp³-hybridized carbons (Fsp3) is 0.867. The lowest BCUT2D eigenvalue weighted by Gasteiger charge is -2.34. The van der Waals surface area contributed by atoms with Gasteiger partial charge in [0.15, 0.2) is 0 Å². The summed E-state index contributed by atoms with van der Waals surface area (Å²) >= 11 is 0. The highest BCUT2D eigenvalue weighted by Crippen LogP contribution is 2.23. The van der Waals surface area contributed by atoms with E-state index in [-0.39, 0.29) is 17.9 Å². The van der Waals surface area contributed by atoms with E-state index in [0.29, 0.717) is 13.0 Å². The van der Waals surface area contributed by atoms with E-state index in [4.69, 9.17) is 0 Å². The van der Waals surface area contributed by atoms with Crippen molar-refractivity contribution >= 4 is 11.8 Å². The molecule has 0 aromatic heterocycles. The van der Waals surface area contributed by atoms with E-state index in [1.54, 1.807) is 0 Å². The molecule has 0 aromatic rings. The highest BCUT2D eigenvalue weighted by Gasteiger charge is 2.37. The Bertz CT molecular complexity index is 330. The van der Waals surface area contributed by atoms with Crippen molar-refractivity contribution in [2.24, 2.45) is 0 Å². The Morgan fingerprint density at radius 3 is 2.74 bits per heavy atom. The third-order valence-electron chi connectivity index (χ3n) is 4.30. The van der Waals surface area contributed by atoms with Gasteiger partial charge in [0.05, 0.1) is 0 Å². The zero-order valence-electron chi connectivity index (χ0n) is 12.1. The lowest BCUT2D eigenvalue weighted by Crippen LogP contribution is -2.49. The molecule has 1 atom stereocenters. The van der Waals surface area contributed by atoms with Gasteiger partial charge in [0.25, 0.3) is 0 Å². The van der Waals surface area contributed by atoms with Crippen LogP contribution in [0.3, 0.4) is 0 Å². The van der Waals surface area contributed by atoms with Crippen molar-refractivity contribution in [2.45, 2.75) is 64.3 Å². The van der Waals surface area contributed by atoms with E-state index >= 15 is 0 Å². The molecule has 0 aliphatic carbocycles. The van der Waals surface area contributed by atoms with E-state index in [9.17, 15) is 9.59 Å². The van der Waals surface area contributed by atoms with Crippen LogP contribution in [0, 0.1) is 0 Å². The Morgan fingerprint density at radius 2 is 1.95 bits per heavy atom. The van der Waals surface area contributed by atoms with Gasteiger partial charge in [0.1, 0.15) is 6.04 Å². The monoisotopic (exact) mass is 266 g/mol. The van der Waals surface area contributed by atoms with Crippen molar-refractivity contribution < 1.29 is 9.59 Å². The number of nitrogens with zero attached hydrogens (tertiary/aromatic N) is 2. The molecule has 2 fully saturated rings. The van der Waals surface area contributed by atoms with Crippen LogP contribution in [0.2, 0.25) is 0 Å². The number of hydrogen-bond acceptors (Lipinski definition) is 2. The van der Waals surface area contributed by atoms with Crippen molar-refractivity contribution in [2.75, 3.05) is 19.6 Å². The summed E-state index contributed by atoms with van der Waals surface area (Å²) in [6.45, 7) is 4.42. The summed E-state index contributed by atoms with van der Waals surface area (Å²) in [6.07, 6.45) is 8.18. The smallest absolute Gasteiger partial charge is 0.245 e. The van der Waals surface area contributed by atoms with Gasteiger partial charge in [-0.15, -0.1) is 0 Å². The number of carbonyl (C=O) groups excluding carboxylic acids is 2. The molecular weight excluding hydrogens is 240 g/mol. The maximum atomic E-state index is 12.5. The summed E-state index contributed by atoms with van der Waals surface area (Å²) in [4.78, 5) is 28.3. The minimum atomic E-state index is -0.157. The van der Waals surface area contributed by atoms with E-state index < -0.39 is 0 Å². The fourth-order valence-corrected chi connectivity index (χ4v) is 3.13. The van der Waals surface area contributed by atoms with Crippen LogP contribution in [-0.2, 0) is 9.59 Å². The maximum Gasteiger partial charge on any atom is 0.245 e. The predicted octanol–water partition coefficient (Wildman–Crippen LogP) is 2.18. The first-order chi connectivity index (χ1) is 9.24. The van der Waals surface area contributed by atoms with E-state index in [1.807, 2.05) is 9.80 Å². The number of rotatable bonds is 5. The molecule has 2 rings (SSSR count). The number of amides is 2. The molecule has 0 saturated carbocycles. The summed E-state index contributed by atoms with van der Waals surface area (Å²) in [7, 11) is 0. The Kier molecular flexibility index (Phi) is 5.23. The zero-order valence-corrected chi connectivity index (χ0v) is 12.1. The molecule has 0 spiro atoms. The van der Waals surface area contributed by atoms with Crippen LogP contribution in [-0.4, -0.2) is 47.3 Å². The summed E-state index contributed by atoms with van der Waals surface area (Å²) < 4.78 is 0. The molecule has 0 radical (unpaired) electrons.